The molecule has 0 aromatic rings. The van der Waals surface area contributed by atoms with Crippen LogP contribution in [-0.2, 0) is 4.79 Å². The Bertz CT molecular complexity index is 167. The van der Waals surface area contributed by atoms with E-state index in [1.165, 1.54) is 0 Å². The zero-order chi connectivity index (χ0) is 9.19. The zero-order valence-corrected chi connectivity index (χ0v) is 7.89. The van der Waals surface area contributed by atoms with Gasteiger partial charge in [0, 0.05) is 18.5 Å². The molecular formula is C9H18N2O. The number of carbonyl (C=O) groups is 1. The summed E-state index contributed by atoms with van der Waals surface area (Å²) in [6.45, 7) is 3.65. The predicted octanol–water partition coefficient (Wildman–Crippen LogP) is 0.783. The van der Waals surface area contributed by atoms with E-state index in [9.17, 15) is 4.79 Å². The summed E-state index contributed by atoms with van der Waals surface area (Å²) >= 11 is 0. The van der Waals surface area contributed by atoms with Crippen LogP contribution in [0.25, 0.3) is 0 Å². The highest BCUT2D eigenvalue weighted by molar-refractivity contribution is 5.73. The van der Waals surface area contributed by atoms with E-state index in [2.05, 4.69) is 12.2 Å². The third-order valence-electron chi connectivity index (χ3n) is 2.54. The van der Waals surface area contributed by atoms with Gasteiger partial charge in [0.05, 0.1) is 0 Å². The number of nitrogens with two attached hydrogens (primary N) is 1. The molecule has 12 heavy (non-hydrogen) atoms. The van der Waals surface area contributed by atoms with E-state index in [1.54, 1.807) is 6.92 Å². The topological polar surface area (TPSA) is 55.1 Å². The third-order valence-corrected chi connectivity index (χ3v) is 2.54. The van der Waals surface area contributed by atoms with Crippen LogP contribution in [0.2, 0.25) is 0 Å². The van der Waals surface area contributed by atoms with Gasteiger partial charge in [-0.3, -0.25) is 4.79 Å². The molecule has 0 atom stereocenters. The lowest BCUT2D eigenvalue weighted by atomic mass is 9.82. The second kappa shape index (κ2) is 3.44. The van der Waals surface area contributed by atoms with Crippen molar-refractivity contribution in [2.24, 2.45) is 5.73 Å². The fourth-order valence-electron chi connectivity index (χ4n) is 1.71. The molecule has 1 amide bonds. The molecule has 1 aliphatic rings. The summed E-state index contributed by atoms with van der Waals surface area (Å²) in [4.78, 5) is 10.7. The van der Waals surface area contributed by atoms with Crippen LogP contribution in [0.1, 0.15) is 39.5 Å². The van der Waals surface area contributed by atoms with Crippen molar-refractivity contribution in [2.75, 3.05) is 0 Å². The van der Waals surface area contributed by atoms with Crippen LogP contribution < -0.4 is 11.1 Å². The van der Waals surface area contributed by atoms with Gasteiger partial charge in [0.1, 0.15) is 0 Å². The van der Waals surface area contributed by atoms with Crippen LogP contribution in [0.5, 0.6) is 0 Å². The Morgan fingerprint density at radius 3 is 2.42 bits per heavy atom. The Kier molecular flexibility index (Phi) is 2.73. The van der Waals surface area contributed by atoms with Crippen LogP contribution in [0.4, 0.5) is 0 Å². The molecule has 3 heteroatoms. The SMILES string of the molecule is CC(=O)NC1CCC(C)(N)CC1. The van der Waals surface area contributed by atoms with Gasteiger partial charge in [0.25, 0.3) is 0 Å². The first-order valence-corrected chi connectivity index (χ1v) is 4.56. The molecule has 3 nitrogen and oxygen atoms in total. The highest BCUT2D eigenvalue weighted by Crippen LogP contribution is 2.25. The number of nitrogens with one attached hydrogen (secondary N) is 1. The molecule has 0 spiro atoms. The van der Waals surface area contributed by atoms with E-state index in [4.69, 9.17) is 5.73 Å². The molecule has 0 bridgehead atoms. The van der Waals surface area contributed by atoms with E-state index in [1.807, 2.05) is 0 Å². The molecule has 0 aromatic heterocycles. The summed E-state index contributed by atoms with van der Waals surface area (Å²) in [5.41, 5.74) is 5.95. The molecule has 0 heterocycles. The maximum atomic E-state index is 10.7. The maximum Gasteiger partial charge on any atom is 0.217 e. The predicted molar refractivity (Wildman–Crippen MR) is 48.7 cm³/mol. The van der Waals surface area contributed by atoms with Gasteiger partial charge >= 0.3 is 0 Å². The molecule has 0 saturated heterocycles. The smallest absolute Gasteiger partial charge is 0.217 e. The van der Waals surface area contributed by atoms with E-state index < -0.39 is 0 Å². The van der Waals surface area contributed by atoms with Crippen LogP contribution in [0.15, 0.2) is 0 Å². The molecule has 3 N–H and O–H groups in total. The lowest BCUT2D eigenvalue weighted by Gasteiger charge is -2.34. The third kappa shape index (κ3) is 2.81. The first-order valence-electron chi connectivity index (χ1n) is 4.56. The van der Waals surface area contributed by atoms with Gasteiger partial charge in [-0.05, 0) is 32.6 Å². The summed E-state index contributed by atoms with van der Waals surface area (Å²) in [6.07, 6.45) is 4.06. The Balaban J connectivity index is 2.31. The average molecular weight is 170 g/mol. The van der Waals surface area contributed by atoms with Crippen molar-refractivity contribution >= 4 is 5.91 Å². The van der Waals surface area contributed by atoms with Crippen molar-refractivity contribution in [2.45, 2.75) is 51.1 Å². The molecule has 1 rings (SSSR count). The second-order valence-electron chi connectivity index (χ2n) is 4.13. The minimum atomic E-state index is -0.00499. The summed E-state index contributed by atoms with van der Waals surface area (Å²) in [5.74, 6) is 0.0700. The van der Waals surface area contributed by atoms with Gasteiger partial charge in [-0.2, -0.15) is 0 Å². The van der Waals surface area contributed by atoms with Gasteiger partial charge in [-0.15, -0.1) is 0 Å². The monoisotopic (exact) mass is 170 g/mol. The van der Waals surface area contributed by atoms with Gasteiger partial charge in [0.15, 0.2) is 0 Å². The van der Waals surface area contributed by atoms with Crippen LogP contribution in [-0.4, -0.2) is 17.5 Å². The Morgan fingerprint density at radius 2 is 2.00 bits per heavy atom. The van der Waals surface area contributed by atoms with Gasteiger partial charge in [-0.1, -0.05) is 0 Å². The quantitative estimate of drug-likeness (QED) is 0.611. The zero-order valence-electron chi connectivity index (χ0n) is 7.89. The summed E-state index contributed by atoms with van der Waals surface area (Å²) in [6, 6.07) is 0.360. The minimum absolute atomic E-state index is 0.00499. The fourth-order valence-corrected chi connectivity index (χ4v) is 1.71. The molecule has 1 saturated carbocycles. The largest absolute Gasteiger partial charge is 0.354 e. The molecular weight excluding hydrogens is 152 g/mol. The fraction of sp³-hybridized carbons (Fsp3) is 0.889. The van der Waals surface area contributed by atoms with Crippen LogP contribution in [0, 0.1) is 0 Å². The number of hydrogen-bond acceptors (Lipinski definition) is 2. The molecule has 0 unspecified atom stereocenters. The van der Waals surface area contributed by atoms with Crippen molar-refractivity contribution in [3.63, 3.8) is 0 Å². The highest BCUT2D eigenvalue weighted by atomic mass is 16.1. The number of amides is 1. The van der Waals surface area contributed by atoms with Gasteiger partial charge < -0.3 is 11.1 Å². The summed E-state index contributed by atoms with van der Waals surface area (Å²) < 4.78 is 0. The molecule has 1 fully saturated rings. The number of carbonyl (C=O) groups excluding carboxylic acids is 1. The van der Waals surface area contributed by atoms with Crippen LogP contribution in [0.3, 0.4) is 0 Å². The van der Waals surface area contributed by atoms with Gasteiger partial charge in [0.2, 0.25) is 5.91 Å². The average Bonchev–Trinajstić information content (AvgIpc) is 1.93. The molecule has 70 valence electrons. The van der Waals surface area contributed by atoms with Crippen molar-refractivity contribution in [3.05, 3.63) is 0 Å². The Hall–Kier alpha value is -0.570. The minimum Gasteiger partial charge on any atom is -0.354 e. The van der Waals surface area contributed by atoms with Crippen molar-refractivity contribution in [1.82, 2.24) is 5.32 Å². The second-order valence-corrected chi connectivity index (χ2v) is 4.13. The molecule has 0 aliphatic heterocycles. The van der Waals surface area contributed by atoms with Crippen LogP contribution >= 0.6 is 0 Å². The van der Waals surface area contributed by atoms with E-state index in [0.717, 1.165) is 25.7 Å². The Morgan fingerprint density at radius 1 is 1.50 bits per heavy atom. The number of hydrogen-bond donors (Lipinski definition) is 2. The van der Waals surface area contributed by atoms with Crippen molar-refractivity contribution in [3.8, 4) is 0 Å². The van der Waals surface area contributed by atoms with E-state index >= 15 is 0 Å². The number of rotatable bonds is 1. The normalized spacial score (nSPS) is 36.1. The first kappa shape index (κ1) is 9.52. The van der Waals surface area contributed by atoms with Gasteiger partial charge in [-0.25, -0.2) is 0 Å². The molecule has 0 aromatic carbocycles. The van der Waals surface area contributed by atoms with Crippen molar-refractivity contribution in [1.29, 1.82) is 0 Å². The highest BCUT2D eigenvalue weighted by Gasteiger charge is 2.27. The molecule has 1 aliphatic carbocycles. The summed E-state index contributed by atoms with van der Waals surface area (Å²) in [5, 5.41) is 2.92. The summed E-state index contributed by atoms with van der Waals surface area (Å²) in [7, 11) is 0. The molecule has 0 radical (unpaired) electrons. The maximum absolute atomic E-state index is 10.7. The van der Waals surface area contributed by atoms with Crippen molar-refractivity contribution < 1.29 is 4.79 Å². The first-order chi connectivity index (χ1) is 5.49. The standard InChI is InChI=1S/C9H18N2O/c1-7(12)11-8-3-5-9(2,10)6-4-8/h8H,3-6,10H2,1-2H3,(H,11,12). The lowest BCUT2D eigenvalue weighted by Crippen LogP contribution is -2.45. The van der Waals surface area contributed by atoms with E-state index in [-0.39, 0.29) is 11.4 Å². The lowest BCUT2D eigenvalue weighted by molar-refractivity contribution is -0.119. The Labute approximate surface area is 73.7 Å². The van der Waals surface area contributed by atoms with E-state index in [0.29, 0.717) is 6.04 Å².